The molecule has 0 aromatic carbocycles. The van der Waals surface area contributed by atoms with Gasteiger partial charge in [0, 0.05) is 18.4 Å². The van der Waals surface area contributed by atoms with Crippen LogP contribution in [0.3, 0.4) is 0 Å². The largest absolute Gasteiger partial charge is 0.309 e. The average molecular weight is 248 g/mol. The van der Waals surface area contributed by atoms with Gasteiger partial charge in [-0.1, -0.05) is 0 Å². The Morgan fingerprint density at radius 2 is 2.00 bits per heavy atom. The first kappa shape index (κ1) is 13.4. The summed E-state index contributed by atoms with van der Waals surface area (Å²) in [6.07, 6.45) is 6.13. The molecule has 2 heterocycles. The molecule has 0 aliphatic carbocycles. The zero-order valence-corrected chi connectivity index (χ0v) is 11.7. The average Bonchev–Trinajstić information content (AvgIpc) is 2.38. The van der Waals surface area contributed by atoms with Crippen LogP contribution in [0.25, 0.3) is 0 Å². The number of aryl methyl sites for hydroxylation is 1. The number of hydrogen-bond acceptors (Lipinski definition) is 4. The van der Waals surface area contributed by atoms with Gasteiger partial charge in [0.1, 0.15) is 0 Å². The number of nitrogens with one attached hydrogen (secondary N) is 1. The van der Waals surface area contributed by atoms with Crippen LogP contribution in [0.5, 0.6) is 0 Å². The van der Waals surface area contributed by atoms with Crippen molar-refractivity contribution in [1.29, 1.82) is 0 Å². The predicted octanol–water partition coefficient (Wildman–Crippen LogP) is 1.78. The lowest BCUT2D eigenvalue weighted by molar-refractivity contribution is 0.213. The molecular formula is C14H24N4. The number of rotatable bonds is 4. The Morgan fingerprint density at radius 3 is 2.67 bits per heavy atom. The van der Waals surface area contributed by atoms with Gasteiger partial charge in [-0.05, 0) is 59.3 Å². The summed E-state index contributed by atoms with van der Waals surface area (Å²) in [6, 6.07) is 0.290. The molecule has 2 rings (SSSR count). The Morgan fingerprint density at radius 1 is 1.33 bits per heavy atom. The van der Waals surface area contributed by atoms with Crippen molar-refractivity contribution in [3.63, 3.8) is 0 Å². The summed E-state index contributed by atoms with van der Waals surface area (Å²) in [5.41, 5.74) is 2.10. The number of nitrogens with zero attached hydrogens (tertiary/aromatic N) is 3. The lowest BCUT2D eigenvalue weighted by Gasteiger charge is -2.30. The number of likely N-dealkylation sites (tertiary alicyclic amines) is 1. The van der Waals surface area contributed by atoms with Crippen molar-refractivity contribution < 1.29 is 0 Å². The second kappa shape index (κ2) is 6.25. The fraction of sp³-hybridized carbons (Fsp3) is 0.714. The molecule has 100 valence electrons. The Labute approximate surface area is 110 Å². The third kappa shape index (κ3) is 3.50. The molecule has 0 spiro atoms. The summed E-state index contributed by atoms with van der Waals surface area (Å²) in [5, 5.41) is 3.60. The standard InChI is InChI=1S/C14H24N4/c1-11-14(16-7-6-15-11)12(2)17-10-13-4-8-18(3)9-5-13/h6-7,12-13,17H,4-5,8-10H2,1-3H3. The molecule has 1 aromatic heterocycles. The van der Waals surface area contributed by atoms with E-state index in [1.165, 1.54) is 25.9 Å². The lowest BCUT2D eigenvalue weighted by atomic mass is 9.97. The molecule has 1 N–H and O–H groups in total. The minimum atomic E-state index is 0.290. The molecule has 1 saturated heterocycles. The molecule has 0 radical (unpaired) electrons. The number of hydrogen-bond donors (Lipinski definition) is 1. The number of aromatic nitrogens is 2. The Balaban J connectivity index is 1.81. The smallest absolute Gasteiger partial charge is 0.0782 e. The maximum atomic E-state index is 4.42. The van der Waals surface area contributed by atoms with Gasteiger partial charge in [0.2, 0.25) is 0 Å². The molecular weight excluding hydrogens is 224 g/mol. The van der Waals surface area contributed by atoms with Gasteiger partial charge in [-0.25, -0.2) is 0 Å². The maximum Gasteiger partial charge on any atom is 0.0782 e. The molecule has 0 bridgehead atoms. The zero-order valence-electron chi connectivity index (χ0n) is 11.7. The van der Waals surface area contributed by atoms with Gasteiger partial charge in [-0.3, -0.25) is 9.97 Å². The second-order valence-corrected chi connectivity index (χ2v) is 5.40. The molecule has 1 aromatic rings. The highest BCUT2D eigenvalue weighted by molar-refractivity contribution is 5.12. The minimum Gasteiger partial charge on any atom is -0.309 e. The molecule has 1 fully saturated rings. The lowest BCUT2D eigenvalue weighted by Crippen LogP contribution is -2.35. The van der Waals surface area contributed by atoms with E-state index in [-0.39, 0.29) is 0 Å². The van der Waals surface area contributed by atoms with Gasteiger partial charge in [-0.15, -0.1) is 0 Å². The predicted molar refractivity (Wildman–Crippen MR) is 73.4 cm³/mol. The first-order valence-corrected chi connectivity index (χ1v) is 6.86. The van der Waals surface area contributed by atoms with E-state index < -0.39 is 0 Å². The van der Waals surface area contributed by atoms with Crippen LogP contribution < -0.4 is 5.32 Å². The van der Waals surface area contributed by atoms with Crippen molar-refractivity contribution in [2.24, 2.45) is 5.92 Å². The highest BCUT2D eigenvalue weighted by Gasteiger charge is 2.18. The van der Waals surface area contributed by atoms with Crippen molar-refractivity contribution in [2.75, 3.05) is 26.7 Å². The molecule has 1 aliphatic rings. The SMILES string of the molecule is Cc1nccnc1C(C)NCC1CCN(C)CC1. The molecule has 4 nitrogen and oxygen atoms in total. The van der Waals surface area contributed by atoms with E-state index in [2.05, 4.69) is 34.2 Å². The highest BCUT2D eigenvalue weighted by atomic mass is 15.1. The van der Waals surface area contributed by atoms with Crippen molar-refractivity contribution in [2.45, 2.75) is 32.7 Å². The second-order valence-electron chi connectivity index (χ2n) is 5.40. The van der Waals surface area contributed by atoms with Gasteiger partial charge >= 0.3 is 0 Å². The van der Waals surface area contributed by atoms with Crippen molar-refractivity contribution in [3.8, 4) is 0 Å². The Hall–Kier alpha value is -1.00. The molecule has 18 heavy (non-hydrogen) atoms. The van der Waals surface area contributed by atoms with Crippen LogP contribution >= 0.6 is 0 Å². The monoisotopic (exact) mass is 248 g/mol. The van der Waals surface area contributed by atoms with Gasteiger partial charge in [0.15, 0.2) is 0 Å². The third-order valence-electron chi connectivity index (χ3n) is 3.88. The Bertz CT molecular complexity index is 372. The van der Waals surface area contributed by atoms with Crippen LogP contribution in [0.4, 0.5) is 0 Å². The van der Waals surface area contributed by atoms with Crippen molar-refractivity contribution in [1.82, 2.24) is 20.2 Å². The van der Waals surface area contributed by atoms with Crippen LogP contribution in [0.2, 0.25) is 0 Å². The molecule has 4 heteroatoms. The summed E-state index contributed by atoms with van der Waals surface area (Å²) in [4.78, 5) is 11.1. The van der Waals surface area contributed by atoms with E-state index in [1.54, 1.807) is 12.4 Å². The van der Waals surface area contributed by atoms with Gasteiger partial charge in [0.25, 0.3) is 0 Å². The summed E-state index contributed by atoms with van der Waals surface area (Å²) < 4.78 is 0. The third-order valence-corrected chi connectivity index (χ3v) is 3.88. The fourth-order valence-corrected chi connectivity index (χ4v) is 2.55. The highest BCUT2D eigenvalue weighted by Crippen LogP contribution is 2.17. The molecule has 1 unspecified atom stereocenters. The van der Waals surface area contributed by atoms with E-state index in [0.717, 1.165) is 23.9 Å². The van der Waals surface area contributed by atoms with Crippen LogP contribution in [-0.2, 0) is 0 Å². The molecule has 1 aliphatic heterocycles. The molecule has 0 saturated carbocycles. The molecule has 0 amide bonds. The summed E-state index contributed by atoms with van der Waals surface area (Å²) in [5.74, 6) is 0.806. The quantitative estimate of drug-likeness (QED) is 0.882. The van der Waals surface area contributed by atoms with Crippen LogP contribution in [0.15, 0.2) is 12.4 Å². The molecule has 1 atom stereocenters. The van der Waals surface area contributed by atoms with Gasteiger partial charge < -0.3 is 10.2 Å². The van der Waals surface area contributed by atoms with Crippen LogP contribution in [-0.4, -0.2) is 41.5 Å². The zero-order chi connectivity index (χ0) is 13.0. The van der Waals surface area contributed by atoms with Crippen LogP contribution in [0, 0.1) is 12.8 Å². The van der Waals surface area contributed by atoms with E-state index in [0.29, 0.717) is 6.04 Å². The van der Waals surface area contributed by atoms with E-state index >= 15 is 0 Å². The normalized spacial score (nSPS) is 19.9. The summed E-state index contributed by atoms with van der Waals surface area (Å²) in [7, 11) is 2.20. The van der Waals surface area contributed by atoms with Gasteiger partial charge in [-0.2, -0.15) is 0 Å². The maximum absolute atomic E-state index is 4.42. The van der Waals surface area contributed by atoms with E-state index in [9.17, 15) is 0 Å². The topological polar surface area (TPSA) is 41.1 Å². The number of piperidine rings is 1. The first-order valence-electron chi connectivity index (χ1n) is 6.86. The van der Waals surface area contributed by atoms with Crippen molar-refractivity contribution in [3.05, 3.63) is 23.8 Å². The van der Waals surface area contributed by atoms with Gasteiger partial charge in [0.05, 0.1) is 11.4 Å². The summed E-state index contributed by atoms with van der Waals surface area (Å²) in [6.45, 7) is 7.74. The van der Waals surface area contributed by atoms with Crippen molar-refractivity contribution >= 4 is 0 Å². The summed E-state index contributed by atoms with van der Waals surface area (Å²) >= 11 is 0. The van der Waals surface area contributed by atoms with E-state index in [4.69, 9.17) is 0 Å². The Kier molecular flexibility index (Phi) is 4.66. The first-order chi connectivity index (χ1) is 8.66. The van der Waals surface area contributed by atoms with E-state index in [1.807, 2.05) is 6.92 Å². The fourth-order valence-electron chi connectivity index (χ4n) is 2.55. The van der Waals surface area contributed by atoms with Crippen LogP contribution in [0.1, 0.15) is 37.2 Å². The minimum absolute atomic E-state index is 0.290.